The summed E-state index contributed by atoms with van der Waals surface area (Å²) in [6.07, 6.45) is 2.88. The van der Waals surface area contributed by atoms with Crippen LogP contribution in [0.4, 0.5) is 4.79 Å². The van der Waals surface area contributed by atoms with Gasteiger partial charge in [0.1, 0.15) is 18.7 Å². The molecule has 2 aromatic carbocycles. The molecule has 1 fully saturated rings. The summed E-state index contributed by atoms with van der Waals surface area (Å²) in [7, 11) is 0. The molecule has 0 unspecified atom stereocenters. The number of hydrogen-bond donors (Lipinski definition) is 2. The minimum absolute atomic E-state index is 0.0692. The summed E-state index contributed by atoms with van der Waals surface area (Å²) < 4.78 is 5.67. The molecule has 2 aliphatic rings. The number of nitrogens with one attached hydrogen (secondary N) is 1. The molecule has 0 atom stereocenters. The molecule has 2 amide bonds. The van der Waals surface area contributed by atoms with Crippen LogP contribution in [-0.2, 0) is 14.3 Å². The molecule has 1 saturated carbocycles. The number of ether oxygens (including phenoxy) is 1. The first-order valence-electron chi connectivity index (χ1n) is 11.6. The van der Waals surface area contributed by atoms with Crippen LogP contribution in [0.1, 0.15) is 56.1 Å². The van der Waals surface area contributed by atoms with Crippen molar-refractivity contribution in [3.05, 3.63) is 59.7 Å². The van der Waals surface area contributed by atoms with Gasteiger partial charge < -0.3 is 20.1 Å². The van der Waals surface area contributed by atoms with Gasteiger partial charge in [-0.2, -0.15) is 0 Å². The smallest absolute Gasteiger partial charge is 0.408 e. The van der Waals surface area contributed by atoms with Crippen LogP contribution in [0.15, 0.2) is 48.5 Å². The molecule has 2 aromatic rings. The average molecular weight is 451 g/mol. The van der Waals surface area contributed by atoms with Gasteiger partial charge in [-0.05, 0) is 42.0 Å². The van der Waals surface area contributed by atoms with Crippen LogP contribution >= 0.6 is 0 Å². The number of carbonyl (C=O) groups excluding carboxylic acids is 2. The number of carboxylic acids is 1. The van der Waals surface area contributed by atoms with E-state index in [1.54, 1.807) is 6.92 Å². The first-order valence-corrected chi connectivity index (χ1v) is 11.6. The zero-order valence-electron chi connectivity index (χ0n) is 18.9. The number of rotatable bonds is 7. The van der Waals surface area contributed by atoms with Crippen LogP contribution in [0.25, 0.3) is 11.1 Å². The molecule has 0 radical (unpaired) electrons. The Bertz CT molecular complexity index is 999. The fraction of sp³-hybridized carbons (Fsp3) is 0.423. The van der Waals surface area contributed by atoms with Crippen LogP contribution in [-0.4, -0.2) is 53.2 Å². The van der Waals surface area contributed by atoms with Crippen LogP contribution in [0, 0.1) is 0 Å². The molecule has 0 heterocycles. The van der Waals surface area contributed by atoms with E-state index in [0.717, 1.165) is 41.5 Å². The molecule has 7 nitrogen and oxygen atoms in total. The first kappa shape index (κ1) is 22.8. The highest BCUT2D eigenvalue weighted by Crippen LogP contribution is 2.44. The average Bonchev–Trinajstić information content (AvgIpc) is 3.15. The van der Waals surface area contributed by atoms with Crippen LogP contribution < -0.4 is 5.32 Å². The number of nitrogens with zero attached hydrogens (tertiary/aromatic N) is 1. The Kier molecular flexibility index (Phi) is 6.67. The summed E-state index contributed by atoms with van der Waals surface area (Å²) in [6.45, 7) is 1.78. The van der Waals surface area contributed by atoms with E-state index in [1.807, 2.05) is 24.3 Å². The fourth-order valence-corrected chi connectivity index (χ4v) is 5.17. The monoisotopic (exact) mass is 450 g/mol. The number of alkyl carbamates (subject to hydrolysis) is 1. The lowest BCUT2D eigenvalue weighted by Crippen LogP contribution is -2.61. The zero-order chi connectivity index (χ0) is 23.4. The maximum Gasteiger partial charge on any atom is 0.408 e. The van der Waals surface area contributed by atoms with Gasteiger partial charge in [-0.3, -0.25) is 9.59 Å². The summed E-state index contributed by atoms with van der Waals surface area (Å²) in [5.74, 6) is -1.49. The third kappa shape index (κ3) is 4.58. The summed E-state index contributed by atoms with van der Waals surface area (Å²) in [4.78, 5) is 38.7. The Balaban J connectivity index is 1.49. The number of likely N-dealkylation sites (N-methyl/N-ethyl adjacent to an activating group) is 1. The van der Waals surface area contributed by atoms with Crippen molar-refractivity contribution >= 4 is 18.0 Å². The summed E-state index contributed by atoms with van der Waals surface area (Å²) >= 11 is 0. The maximum absolute atomic E-state index is 13.3. The molecule has 2 N–H and O–H groups in total. The maximum atomic E-state index is 13.3. The van der Waals surface area contributed by atoms with Gasteiger partial charge in [-0.15, -0.1) is 0 Å². The van der Waals surface area contributed by atoms with Gasteiger partial charge in [0.25, 0.3) is 0 Å². The molecule has 33 heavy (non-hydrogen) atoms. The van der Waals surface area contributed by atoms with E-state index in [4.69, 9.17) is 4.74 Å². The van der Waals surface area contributed by atoms with E-state index in [9.17, 15) is 19.5 Å². The minimum Gasteiger partial charge on any atom is -0.480 e. The van der Waals surface area contributed by atoms with E-state index in [2.05, 4.69) is 29.6 Å². The predicted octanol–water partition coefficient (Wildman–Crippen LogP) is 4.16. The lowest BCUT2D eigenvalue weighted by Gasteiger charge is -2.39. The number of aliphatic carboxylic acids is 1. The van der Waals surface area contributed by atoms with Crippen LogP contribution in [0.2, 0.25) is 0 Å². The number of benzene rings is 2. The molecular weight excluding hydrogens is 420 g/mol. The van der Waals surface area contributed by atoms with Crippen molar-refractivity contribution in [2.24, 2.45) is 0 Å². The molecule has 0 saturated heterocycles. The fourth-order valence-electron chi connectivity index (χ4n) is 5.17. The van der Waals surface area contributed by atoms with E-state index in [0.29, 0.717) is 12.8 Å². The van der Waals surface area contributed by atoms with Gasteiger partial charge in [0.2, 0.25) is 5.91 Å². The molecule has 2 aliphatic carbocycles. The van der Waals surface area contributed by atoms with Gasteiger partial charge in [0, 0.05) is 12.5 Å². The highest BCUT2D eigenvalue weighted by atomic mass is 16.5. The molecule has 174 valence electrons. The van der Waals surface area contributed by atoms with Gasteiger partial charge in [0.05, 0.1) is 0 Å². The lowest BCUT2D eigenvalue weighted by molar-refractivity contribution is -0.148. The van der Waals surface area contributed by atoms with E-state index >= 15 is 0 Å². The van der Waals surface area contributed by atoms with Crippen molar-refractivity contribution in [3.63, 3.8) is 0 Å². The normalized spacial score (nSPS) is 16.4. The summed E-state index contributed by atoms with van der Waals surface area (Å²) in [6, 6.07) is 16.2. The molecular formula is C26H30N2O5. The molecule has 0 aromatic heterocycles. The highest BCUT2D eigenvalue weighted by Gasteiger charge is 2.44. The van der Waals surface area contributed by atoms with Gasteiger partial charge in [-0.25, -0.2) is 4.79 Å². The molecule has 7 heteroatoms. The predicted molar refractivity (Wildman–Crippen MR) is 124 cm³/mol. The molecule has 0 spiro atoms. The van der Waals surface area contributed by atoms with Crippen molar-refractivity contribution in [2.75, 3.05) is 19.7 Å². The topological polar surface area (TPSA) is 95.9 Å². The standard InChI is InChI=1S/C26H30N2O5/c1-2-28(16-23(29)30)24(31)26(14-8-3-9-15-26)27-25(32)33-17-22-20-12-6-4-10-18(20)19-11-5-7-13-21(19)22/h4-7,10-13,22H,2-3,8-9,14-17H2,1H3,(H,27,32)(H,29,30). The Morgan fingerprint density at radius 3 is 2.12 bits per heavy atom. The molecule has 0 aliphatic heterocycles. The van der Waals surface area contributed by atoms with Crippen molar-refractivity contribution in [2.45, 2.75) is 50.5 Å². The van der Waals surface area contributed by atoms with Crippen LogP contribution in [0.3, 0.4) is 0 Å². The van der Waals surface area contributed by atoms with Crippen molar-refractivity contribution in [3.8, 4) is 11.1 Å². The Morgan fingerprint density at radius 2 is 1.58 bits per heavy atom. The lowest BCUT2D eigenvalue weighted by atomic mass is 9.80. The Morgan fingerprint density at radius 1 is 1.00 bits per heavy atom. The largest absolute Gasteiger partial charge is 0.480 e. The SMILES string of the molecule is CCN(CC(=O)O)C(=O)C1(NC(=O)OCC2c3ccccc3-c3ccccc32)CCCCC1. The third-order valence-electron chi connectivity index (χ3n) is 6.80. The second-order valence-electron chi connectivity index (χ2n) is 8.81. The van der Waals surface area contributed by atoms with Gasteiger partial charge in [-0.1, -0.05) is 67.8 Å². The number of carboxylic acid groups (broad SMARTS) is 1. The number of carbonyl (C=O) groups is 3. The van der Waals surface area contributed by atoms with Crippen molar-refractivity contribution in [1.82, 2.24) is 10.2 Å². The second kappa shape index (κ2) is 9.65. The van der Waals surface area contributed by atoms with Crippen LogP contribution in [0.5, 0.6) is 0 Å². The first-order chi connectivity index (χ1) is 15.9. The highest BCUT2D eigenvalue weighted by molar-refractivity contribution is 5.92. The number of amides is 2. The van der Waals surface area contributed by atoms with Crippen molar-refractivity contribution in [1.29, 1.82) is 0 Å². The molecule has 0 bridgehead atoms. The van der Waals surface area contributed by atoms with E-state index in [-0.39, 0.29) is 31.5 Å². The molecule has 4 rings (SSSR count). The quantitative estimate of drug-likeness (QED) is 0.660. The summed E-state index contributed by atoms with van der Waals surface area (Å²) in [5, 5.41) is 12.0. The Hall–Kier alpha value is -3.35. The zero-order valence-corrected chi connectivity index (χ0v) is 18.9. The van der Waals surface area contributed by atoms with Gasteiger partial charge in [0.15, 0.2) is 0 Å². The second-order valence-corrected chi connectivity index (χ2v) is 8.81. The Labute approximate surface area is 193 Å². The van der Waals surface area contributed by atoms with E-state index in [1.165, 1.54) is 4.90 Å². The van der Waals surface area contributed by atoms with E-state index < -0.39 is 17.6 Å². The number of hydrogen-bond acceptors (Lipinski definition) is 4. The minimum atomic E-state index is -1.12. The van der Waals surface area contributed by atoms with Crippen molar-refractivity contribution < 1.29 is 24.2 Å². The number of fused-ring (bicyclic) bond motifs is 3. The van der Waals surface area contributed by atoms with Gasteiger partial charge >= 0.3 is 12.1 Å². The third-order valence-corrected chi connectivity index (χ3v) is 6.80. The summed E-state index contributed by atoms with van der Waals surface area (Å²) in [5.41, 5.74) is 3.41.